The molecular formula is C17H37IN4O. The monoisotopic (exact) mass is 440 g/mol. The molecule has 0 aromatic heterocycles. The standard InChI is InChI=1S/C17H36N4O.HI/c1-6-18-16(19-9-7-8-15(2)3)20-14-17(4,5)21-10-12-22-13-11-21;/h15H,6-14H2,1-5H3,(H2,18,19,20);1H. The van der Waals surface area contributed by atoms with Crippen molar-refractivity contribution < 1.29 is 4.74 Å². The second-order valence-corrected chi connectivity index (χ2v) is 7.07. The molecule has 1 fully saturated rings. The van der Waals surface area contributed by atoms with Crippen LogP contribution in [0.25, 0.3) is 0 Å². The minimum Gasteiger partial charge on any atom is -0.379 e. The smallest absolute Gasteiger partial charge is 0.191 e. The van der Waals surface area contributed by atoms with E-state index in [4.69, 9.17) is 9.73 Å². The van der Waals surface area contributed by atoms with E-state index >= 15 is 0 Å². The Kier molecular flexibility index (Phi) is 12.3. The van der Waals surface area contributed by atoms with Crippen molar-refractivity contribution in [3.63, 3.8) is 0 Å². The lowest BCUT2D eigenvalue weighted by atomic mass is 10.0. The van der Waals surface area contributed by atoms with Crippen LogP contribution in [0.4, 0.5) is 0 Å². The molecule has 138 valence electrons. The zero-order chi connectivity index (χ0) is 16.4. The molecule has 1 aliphatic heterocycles. The molecule has 0 aromatic carbocycles. The zero-order valence-electron chi connectivity index (χ0n) is 15.7. The van der Waals surface area contributed by atoms with Crippen molar-refractivity contribution in [2.45, 2.75) is 53.0 Å². The van der Waals surface area contributed by atoms with Gasteiger partial charge in [-0.1, -0.05) is 13.8 Å². The van der Waals surface area contributed by atoms with Crippen LogP contribution in [0.1, 0.15) is 47.5 Å². The highest BCUT2D eigenvalue weighted by atomic mass is 127. The molecule has 0 atom stereocenters. The van der Waals surface area contributed by atoms with Crippen LogP contribution in [0.2, 0.25) is 0 Å². The molecule has 0 bridgehead atoms. The summed E-state index contributed by atoms with van der Waals surface area (Å²) in [5.74, 6) is 1.70. The summed E-state index contributed by atoms with van der Waals surface area (Å²) in [5, 5.41) is 6.79. The van der Waals surface area contributed by atoms with Gasteiger partial charge in [0, 0.05) is 31.7 Å². The summed E-state index contributed by atoms with van der Waals surface area (Å²) in [7, 11) is 0. The number of aliphatic imine (C=N–C) groups is 1. The van der Waals surface area contributed by atoms with Gasteiger partial charge in [0.1, 0.15) is 0 Å². The van der Waals surface area contributed by atoms with E-state index in [9.17, 15) is 0 Å². The van der Waals surface area contributed by atoms with Crippen molar-refractivity contribution in [1.82, 2.24) is 15.5 Å². The number of morpholine rings is 1. The molecule has 23 heavy (non-hydrogen) atoms. The third-order valence-corrected chi connectivity index (χ3v) is 4.09. The van der Waals surface area contributed by atoms with Gasteiger partial charge in [-0.05, 0) is 39.5 Å². The fraction of sp³-hybridized carbons (Fsp3) is 0.941. The van der Waals surface area contributed by atoms with E-state index in [2.05, 4.69) is 50.2 Å². The fourth-order valence-corrected chi connectivity index (χ4v) is 2.60. The maximum absolute atomic E-state index is 5.44. The molecule has 0 saturated carbocycles. The maximum atomic E-state index is 5.44. The van der Waals surface area contributed by atoms with Gasteiger partial charge in [-0.25, -0.2) is 0 Å². The van der Waals surface area contributed by atoms with E-state index in [1.54, 1.807) is 0 Å². The largest absolute Gasteiger partial charge is 0.379 e. The summed E-state index contributed by atoms with van der Waals surface area (Å²) < 4.78 is 5.44. The lowest BCUT2D eigenvalue weighted by molar-refractivity contribution is -0.00683. The van der Waals surface area contributed by atoms with E-state index in [0.29, 0.717) is 0 Å². The van der Waals surface area contributed by atoms with Crippen LogP contribution in [-0.4, -0.2) is 62.3 Å². The molecule has 6 heteroatoms. The molecule has 1 rings (SSSR count). The van der Waals surface area contributed by atoms with Gasteiger partial charge in [-0.15, -0.1) is 24.0 Å². The molecule has 0 aliphatic carbocycles. The van der Waals surface area contributed by atoms with E-state index in [1.165, 1.54) is 12.8 Å². The van der Waals surface area contributed by atoms with Crippen LogP contribution in [0.5, 0.6) is 0 Å². The molecular weight excluding hydrogens is 403 g/mol. The van der Waals surface area contributed by atoms with Gasteiger partial charge in [0.05, 0.1) is 19.8 Å². The Labute approximate surface area is 160 Å². The van der Waals surface area contributed by atoms with Gasteiger partial charge in [0.2, 0.25) is 0 Å². The highest BCUT2D eigenvalue weighted by Crippen LogP contribution is 2.16. The minimum atomic E-state index is 0. The summed E-state index contributed by atoms with van der Waals surface area (Å²) in [5.41, 5.74) is 0.0735. The minimum absolute atomic E-state index is 0. The van der Waals surface area contributed by atoms with Gasteiger partial charge in [0.25, 0.3) is 0 Å². The summed E-state index contributed by atoms with van der Waals surface area (Å²) in [4.78, 5) is 7.26. The highest BCUT2D eigenvalue weighted by molar-refractivity contribution is 14.0. The lowest BCUT2D eigenvalue weighted by Crippen LogP contribution is -2.52. The van der Waals surface area contributed by atoms with Crippen molar-refractivity contribution in [3.05, 3.63) is 0 Å². The second-order valence-electron chi connectivity index (χ2n) is 7.07. The molecule has 0 spiro atoms. The average molecular weight is 440 g/mol. The Balaban J connectivity index is 0.00000484. The van der Waals surface area contributed by atoms with E-state index in [0.717, 1.165) is 57.8 Å². The average Bonchev–Trinajstić information content (AvgIpc) is 2.49. The Morgan fingerprint density at radius 1 is 1.22 bits per heavy atom. The topological polar surface area (TPSA) is 48.9 Å². The predicted molar refractivity (Wildman–Crippen MR) is 110 cm³/mol. The fourth-order valence-electron chi connectivity index (χ4n) is 2.60. The number of hydrogen-bond acceptors (Lipinski definition) is 3. The highest BCUT2D eigenvalue weighted by Gasteiger charge is 2.27. The van der Waals surface area contributed by atoms with E-state index in [-0.39, 0.29) is 29.5 Å². The first-order valence-corrected chi connectivity index (χ1v) is 8.80. The zero-order valence-corrected chi connectivity index (χ0v) is 18.0. The van der Waals surface area contributed by atoms with Crippen molar-refractivity contribution in [2.75, 3.05) is 45.9 Å². The van der Waals surface area contributed by atoms with Gasteiger partial charge < -0.3 is 15.4 Å². The maximum Gasteiger partial charge on any atom is 0.191 e. The molecule has 1 heterocycles. The Morgan fingerprint density at radius 2 is 1.87 bits per heavy atom. The SMILES string of the molecule is CCNC(=NCC(C)(C)N1CCOCC1)NCCCC(C)C.I. The van der Waals surface area contributed by atoms with Crippen LogP contribution < -0.4 is 10.6 Å². The molecule has 1 saturated heterocycles. The van der Waals surface area contributed by atoms with Crippen molar-refractivity contribution in [3.8, 4) is 0 Å². The Morgan fingerprint density at radius 3 is 2.43 bits per heavy atom. The second kappa shape index (κ2) is 12.3. The van der Waals surface area contributed by atoms with Crippen molar-refractivity contribution in [1.29, 1.82) is 0 Å². The lowest BCUT2D eigenvalue weighted by Gasteiger charge is -2.39. The Bertz CT molecular complexity index is 329. The number of halogens is 1. The molecule has 2 N–H and O–H groups in total. The first-order valence-electron chi connectivity index (χ1n) is 8.80. The summed E-state index contributed by atoms with van der Waals surface area (Å²) in [6.07, 6.45) is 2.45. The Hall–Kier alpha value is -0.0800. The number of rotatable bonds is 8. The summed E-state index contributed by atoms with van der Waals surface area (Å²) in [6, 6.07) is 0. The number of ether oxygens (including phenoxy) is 1. The quantitative estimate of drug-likeness (QED) is 0.264. The number of nitrogens with zero attached hydrogens (tertiary/aromatic N) is 2. The molecule has 5 nitrogen and oxygen atoms in total. The van der Waals surface area contributed by atoms with Gasteiger partial charge >= 0.3 is 0 Å². The van der Waals surface area contributed by atoms with Crippen LogP contribution >= 0.6 is 24.0 Å². The van der Waals surface area contributed by atoms with Crippen molar-refractivity contribution >= 4 is 29.9 Å². The van der Waals surface area contributed by atoms with Crippen LogP contribution in [0, 0.1) is 5.92 Å². The molecule has 0 radical (unpaired) electrons. The van der Waals surface area contributed by atoms with Crippen LogP contribution in [0.3, 0.4) is 0 Å². The number of guanidine groups is 1. The van der Waals surface area contributed by atoms with E-state index in [1.807, 2.05) is 0 Å². The van der Waals surface area contributed by atoms with Gasteiger partial charge in [-0.3, -0.25) is 9.89 Å². The number of nitrogens with one attached hydrogen (secondary N) is 2. The first kappa shape index (κ1) is 22.9. The van der Waals surface area contributed by atoms with E-state index < -0.39 is 0 Å². The molecule has 0 aromatic rings. The third-order valence-electron chi connectivity index (χ3n) is 4.09. The van der Waals surface area contributed by atoms with Crippen LogP contribution in [0.15, 0.2) is 4.99 Å². The molecule has 1 aliphatic rings. The first-order chi connectivity index (χ1) is 10.5. The molecule has 0 unspecified atom stereocenters. The van der Waals surface area contributed by atoms with Gasteiger partial charge in [-0.2, -0.15) is 0 Å². The normalized spacial score (nSPS) is 17.0. The summed E-state index contributed by atoms with van der Waals surface area (Å²) in [6.45, 7) is 17.5. The molecule has 0 amide bonds. The van der Waals surface area contributed by atoms with Crippen molar-refractivity contribution in [2.24, 2.45) is 10.9 Å². The predicted octanol–water partition coefficient (Wildman–Crippen LogP) is 2.71. The number of hydrogen-bond donors (Lipinski definition) is 2. The van der Waals surface area contributed by atoms with Crippen LogP contribution in [-0.2, 0) is 4.74 Å². The van der Waals surface area contributed by atoms with Gasteiger partial charge in [0.15, 0.2) is 5.96 Å². The summed E-state index contributed by atoms with van der Waals surface area (Å²) >= 11 is 0. The third kappa shape index (κ3) is 9.72.